The summed E-state index contributed by atoms with van der Waals surface area (Å²) >= 11 is 0. The van der Waals surface area contributed by atoms with E-state index in [2.05, 4.69) is 32.9 Å². The summed E-state index contributed by atoms with van der Waals surface area (Å²) in [6.45, 7) is 4.41. The molecule has 114 valence electrons. The van der Waals surface area contributed by atoms with Crippen molar-refractivity contribution in [3.8, 4) is 0 Å². The largest absolute Gasteiger partial charge is 0.355 e. The first-order chi connectivity index (χ1) is 9.78. The van der Waals surface area contributed by atoms with E-state index in [-0.39, 0.29) is 24.0 Å². The Balaban J connectivity index is 0.00000220. The molecule has 21 heavy (non-hydrogen) atoms. The Bertz CT molecular complexity index is 550. The average Bonchev–Trinajstić information content (AvgIpc) is 2.89. The third-order valence-electron chi connectivity index (χ3n) is 2.92. The highest BCUT2D eigenvalue weighted by atomic mass is 127. The Labute approximate surface area is 142 Å². The van der Waals surface area contributed by atoms with Crippen molar-refractivity contribution < 1.29 is 0 Å². The molecule has 2 rings (SSSR count). The zero-order chi connectivity index (χ0) is 14.2. The molecule has 0 aliphatic rings. The number of rotatable bonds is 5. The summed E-state index contributed by atoms with van der Waals surface area (Å²) in [5.41, 5.74) is 2.41. The lowest BCUT2D eigenvalue weighted by atomic mass is 10.2. The van der Waals surface area contributed by atoms with Gasteiger partial charge < -0.3 is 10.6 Å². The van der Waals surface area contributed by atoms with E-state index in [1.54, 1.807) is 7.05 Å². The maximum Gasteiger partial charge on any atom is 0.191 e. The Morgan fingerprint density at radius 3 is 2.62 bits per heavy atom. The Morgan fingerprint density at radius 2 is 2.00 bits per heavy atom. The smallest absolute Gasteiger partial charge is 0.191 e. The number of guanidine groups is 1. The van der Waals surface area contributed by atoms with Gasteiger partial charge in [0.05, 0.1) is 12.7 Å². The molecule has 0 aliphatic heterocycles. The first-order valence-electron chi connectivity index (χ1n) is 6.75. The fourth-order valence-corrected chi connectivity index (χ4v) is 1.88. The van der Waals surface area contributed by atoms with Crippen LogP contribution in [0.2, 0.25) is 0 Å². The lowest BCUT2D eigenvalue weighted by Gasteiger charge is -2.11. The van der Waals surface area contributed by atoms with Crippen LogP contribution >= 0.6 is 24.0 Å². The average molecular weight is 399 g/mol. The molecule has 0 amide bonds. The minimum absolute atomic E-state index is 0. The van der Waals surface area contributed by atoms with Crippen LogP contribution in [0.4, 0.5) is 0 Å². The van der Waals surface area contributed by atoms with Crippen LogP contribution in [0.15, 0.2) is 47.7 Å². The van der Waals surface area contributed by atoms with Gasteiger partial charge in [0.25, 0.3) is 0 Å². The number of hydrogen-bond acceptors (Lipinski definition) is 2. The molecule has 0 aliphatic carbocycles. The van der Waals surface area contributed by atoms with Crippen molar-refractivity contribution in [2.45, 2.75) is 20.0 Å². The van der Waals surface area contributed by atoms with Crippen molar-refractivity contribution in [1.29, 1.82) is 0 Å². The van der Waals surface area contributed by atoms with Crippen LogP contribution in [0.25, 0.3) is 0 Å². The summed E-state index contributed by atoms with van der Waals surface area (Å²) in [6.07, 6.45) is 3.89. The molecule has 0 atom stereocenters. The Morgan fingerprint density at radius 1 is 1.24 bits per heavy atom. The van der Waals surface area contributed by atoms with Gasteiger partial charge in [-0.3, -0.25) is 9.67 Å². The third-order valence-corrected chi connectivity index (χ3v) is 2.92. The molecular formula is C15H22IN5. The van der Waals surface area contributed by atoms with Gasteiger partial charge in [0.15, 0.2) is 5.96 Å². The normalized spacial score (nSPS) is 10.9. The summed E-state index contributed by atoms with van der Waals surface area (Å²) in [5.74, 6) is 0.803. The van der Waals surface area contributed by atoms with Gasteiger partial charge in [-0.1, -0.05) is 30.3 Å². The van der Waals surface area contributed by atoms with Crippen molar-refractivity contribution in [3.63, 3.8) is 0 Å². The first-order valence-corrected chi connectivity index (χ1v) is 6.75. The van der Waals surface area contributed by atoms with E-state index >= 15 is 0 Å². The van der Waals surface area contributed by atoms with Crippen LogP contribution in [0.1, 0.15) is 11.1 Å². The SMILES string of the molecule is CN=C(NCCn1cc(C)cn1)NCc1ccccc1.I. The number of aryl methyl sites for hydroxylation is 1. The third kappa shape index (κ3) is 6.16. The number of aliphatic imine (C=N–C) groups is 1. The molecule has 6 heteroatoms. The van der Waals surface area contributed by atoms with Gasteiger partial charge in [-0.15, -0.1) is 24.0 Å². The van der Waals surface area contributed by atoms with E-state index in [1.807, 2.05) is 42.2 Å². The number of halogens is 1. The molecule has 2 aromatic rings. The second-order valence-corrected chi connectivity index (χ2v) is 4.62. The van der Waals surface area contributed by atoms with E-state index in [0.717, 1.165) is 25.6 Å². The molecule has 1 aromatic heterocycles. The molecule has 0 radical (unpaired) electrons. The highest BCUT2D eigenvalue weighted by Crippen LogP contribution is 1.97. The number of benzene rings is 1. The number of nitrogens with zero attached hydrogens (tertiary/aromatic N) is 3. The van der Waals surface area contributed by atoms with E-state index in [1.165, 1.54) is 11.1 Å². The van der Waals surface area contributed by atoms with Crippen molar-refractivity contribution in [3.05, 3.63) is 53.9 Å². The van der Waals surface area contributed by atoms with Crippen molar-refractivity contribution in [2.75, 3.05) is 13.6 Å². The quantitative estimate of drug-likeness (QED) is 0.461. The van der Waals surface area contributed by atoms with Crippen LogP contribution < -0.4 is 10.6 Å². The predicted octanol–water partition coefficient (Wildman–Crippen LogP) is 2.17. The van der Waals surface area contributed by atoms with Gasteiger partial charge in [-0.05, 0) is 18.1 Å². The number of aromatic nitrogens is 2. The molecule has 0 fully saturated rings. The predicted molar refractivity (Wildman–Crippen MR) is 97.0 cm³/mol. The molecule has 5 nitrogen and oxygen atoms in total. The van der Waals surface area contributed by atoms with Gasteiger partial charge in [0.2, 0.25) is 0 Å². The lowest BCUT2D eigenvalue weighted by Crippen LogP contribution is -2.38. The fourth-order valence-electron chi connectivity index (χ4n) is 1.88. The molecule has 1 heterocycles. The molecule has 0 unspecified atom stereocenters. The fraction of sp³-hybridized carbons (Fsp3) is 0.333. The summed E-state index contributed by atoms with van der Waals surface area (Å²) in [5, 5.41) is 10.8. The highest BCUT2D eigenvalue weighted by molar-refractivity contribution is 14.0. The van der Waals surface area contributed by atoms with Crippen molar-refractivity contribution in [1.82, 2.24) is 20.4 Å². The van der Waals surface area contributed by atoms with Gasteiger partial charge in [0, 0.05) is 26.3 Å². The van der Waals surface area contributed by atoms with Crippen LogP contribution in [0.5, 0.6) is 0 Å². The molecular weight excluding hydrogens is 377 g/mol. The maximum atomic E-state index is 4.25. The zero-order valence-electron chi connectivity index (χ0n) is 12.4. The summed E-state index contributed by atoms with van der Waals surface area (Å²) in [4.78, 5) is 4.20. The summed E-state index contributed by atoms with van der Waals surface area (Å²) in [6, 6.07) is 10.3. The maximum absolute atomic E-state index is 4.25. The minimum Gasteiger partial charge on any atom is -0.355 e. The molecule has 2 N–H and O–H groups in total. The topological polar surface area (TPSA) is 54.2 Å². The van der Waals surface area contributed by atoms with Crippen LogP contribution in [0, 0.1) is 6.92 Å². The number of nitrogens with one attached hydrogen (secondary N) is 2. The Kier molecular flexibility index (Phi) is 7.81. The van der Waals surface area contributed by atoms with Gasteiger partial charge >= 0.3 is 0 Å². The van der Waals surface area contributed by atoms with Gasteiger partial charge in [-0.2, -0.15) is 5.10 Å². The lowest BCUT2D eigenvalue weighted by molar-refractivity contribution is 0.597. The van der Waals surface area contributed by atoms with E-state index in [0.29, 0.717) is 0 Å². The van der Waals surface area contributed by atoms with Crippen molar-refractivity contribution >= 4 is 29.9 Å². The minimum atomic E-state index is 0. The monoisotopic (exact) mass is 399 g/mol. The zero-order valence-corrected chi connectivity index (χ0v) is 14.7. The highest BCUT2D eigenvalue weighted by Gasteiger charge is 1.98. The van der Waals surface area contributed by atoms with Gasteiger partial charge in [-0.25, -0.2) is 0 Å². The van der Waals surface area contributed by atoms with Crippen LogP contribution in [-0.4, -0.2) is 29.3 Å². The summed E-state index contributed by atoms with van der Waals surface area (Å²) < 4.78 is 1.92. The first kappa shape index (κ1) is 17.5. The van der Waals surface area contributed by atoms with E-state index in [9.17, 15) is 0 Å². The summed E-state index contributed by atoms with van der Waals surface area (Å²) in [7, 11) is 1.78. The second-order valence-electron chi connectivity index (χ2n) is 4.62. The molecule has 0 spiro atoms. The number of hydrogen-bond donors (Lipinski definition) is 2. The molecule has 0 saturated heterocycles. The van der Waals surface area contributed by atoms with Crippen molar-refractivity contribution in [2.24, 2.45) is 4.99 Å². The van der Waals surface area contributed by atoms with Crippen LogP contribution in [0.3, 0.4) is 0 Å². The van der Waals surface area contributed by atoms with Crippen LogP contribution in [-0.2, 0) is 13.1 Å². The molecule has 0 bridgehead atoms. The second kappa shape index (κ2) is 9.38. The van der Waals surface area contributed by atoms with E-state index < -0.39 is 0 Å². The van der Waals surface area contributed by atoms with Gasteiger partial charge in [0.1, 0.15) is 0 Å². The molecule has 1 aromatic carbocycles. The Hall–Kier alpha value is -1.57. The van der Waals surface area contributed by atoms with E-state index in [4.69, 9.17) is 0 Å². The standard InChI is InChI=1S/C15H21N5.HI/c1-13-10-19-20(12-13)9-8-17-15(16-2)18-11-14-6-4-3-5-7-14;/h3-7,10,12H,8-9,11H2,1-2H3,(H2,16,17,18);1H. The molecule has 0 saturated carbocycles.